The van der Waals surface area contributed by atoms with Gasteiger partial charge in [-0.25, -0.2) is 4.39 Å². The Hall–Kier alpha value is -3.09. The minimum absolute atomic E-state index is 0.0212. The van der Waals surface area contributed by atoms with E-state index >= 15 is 0 Å². The van der Waals surface area contributed by atoms with Crippen LogP contribution in [0.3, 0.4) is 0 Å². The minimum atomic E-state index is -0.340. The number of hydrogen-bond acceptors (Lipinski definition) is 3. The molecule has 2 amide bonds. The average Bonchev–Trinajstić information content (AvgIpc) is 3.27. The number of nitrogens with zero attached hydrogens (tertiary/aromatic N) is 1. The molecule has 1 fully saturated rings. The second-order valence-corrected chi connectivity index (χ2v) is 6.82. The molecule has 0 unspecified atom stereocenters. The standard InChI is InChI=1S/C20H20FN3O3/c1-12-15(6-9-27-12)19(25)23-14-4-7-24(8-5-14)20(26)17-11-22-18-10-13(21)2-3-16(17)18/h2-3,6,9-11,14,22H,4-5,7-8H2,1H3,(H,23,25). The zero-order valence-corrected chi connectivity index (χ0v) is 14.9. The number of furan rings is 1. The van der Waals surface area contributed by atoms with Crippen LogP contribution in [0.1, 0.15) is 39.3 Å². The van der Waals surface area contributed by atoms with E-state index in [1.54, 1.807) is 30.2 Å². The van der Waals surface area contributed by atoms with E-state index in [1.165, 1.54) is 18.4 Å². The summed E-state index contributed by atoms with van der Waals surface area (Å²) < 4.78 is 18.5. The molecule has 27 heavy (non-hydrogen) atoms. The van der Waals surface area contributed by atoms with Crippen LogP contribution >= 0.6 is 0 Å². The summed E-state index contributed by atoms with van der Waals surface area (Å²) in [7, 11) is 0. The zero-order valence-electron chi connectivity index (χ0n) is 14.9. The highest BCUT2D eigenvalue weighted by Gasteiger charge is 2.26. The molecule has 4 rings (SSSR count). The summed E-state index contributed by atoms with van der Waals surface area (Å²) in [5.41, 5.74) is 1.69. The lowest BCUT2D eigenvalue weighted by molar-refractivity contribution is 0.0700. The Morgan fingerprint density at radius 3 is 2.70 bits per heavy atom. The Bertz CT molecular complexity index is 999. The Morgan fingerprint density at radius 2 is 2.00 bits per heavy atom. The van der Waals surface area contributed by atoms with Crippen molar-refractivity contribution in [3.8, 4) is 0 Å². The van der Waals surface area contributed by atoms with Crippen molar-refractivity contribution >= 4 is 22.7 Å². The van der Waals surface area contributed by atoms with E-state index in [-0.39, 0.29) is 23.7 Å². The largest absolute Gasteiger partial charge is 0.469 e. The Morgan fingerprint density at radius 1 is 1.22 bits per heavy atom. The molecule has 7 heteroatoms. The second kappa shape index (κ2) is 6.90. The van der Waals surface area contributed by atoms with Gasteiger partial charge in [0.25, 0.3) is 11.8 Å². The summed E-state index contributed by atoms with van der Waals surface area (Å²) in [6, 6.07) is 6.03. The molecule has 6 nitrogen and oxygen atoms in total. The van der Waals surface area contributed by atoms with Crippen molar-refractivity contribution in [1.29, 1.82) is 0 Å². The molecule has 1 saturated heterocycles. The highest BCUT2D eigenvalue weighted by atomic mass is 19.1. The lowest BCUT2D eigenvalue weighted by atomic mass is 10.0. The predicted octanol–water partition coefficient (Wildman–Crippen LogP) is 3.24. The smallest absolute Gasteiger partial charge is 0.256 e. The summed E-state index contributed by atoms with van der Waals surface area (Å²) in [6.45, 7) is 2.87. The molecule has 2 N–H and O–H groups in total. The van der Waals surface area contributed by atoms with Gasteiger partial charge in [0.2, 0.25) is 0 Å². The molecule has 0 spiro atoms. The molecular weight excluding hydrogens is 349 g/mol. The number of carbonyl (C=O) groups is 2. The topological polar surface area (TPSA) is 78.3 Å². The van der Waals surface area contributed by atoms with E-state index in [1.807, 2.05) is 0 Å². The molecule has 1 aliphatic rings. The third kappa shape index (κ3) is 3.32. The number of aryl methyl sites for hydroxylation is 1. The van der Waals surface area contributed by atoms with Crippen LogP contribution in [0.15, 0.2) is 41.1 Å². The third-order valence-electron chi connectivity index (χ3n) is 5.10. The Labute approximate surface area is 155 Å². The lowest BCUT2D eigenvalue weighted by Crippen LogP contribution is -2.46. The van der Waals surface area contributed by atoms with Gasteiger partial charge in [-0.2, -0.15) is 0 Å². The number of halogens is 1. The number of rotatable bonds is 3. The monoisotopic (exact) mass is 369 g/mol. The third-order valence-corrected chi connectivity index (χ3v) is 5.10. The first-order valence-corrected chi connectivity index (χ1v) is 8.94. The average molecular weight is 369 g/mol. The van der Waals surface area contributed by atoms with Gasteiger partial charge in [-0.3, -0.25) is 9.59 Å². The highest BCUT2D eigenvalue weighted by molar-refractivity contribution is 6.06. The van der Waals surface area contributed by atoms with Gasteiger partial charge in [-0.1, -0.05) is 0 Å². The van der Waals surface area contributed by atoms with E-state index in [2.05, 4.69) is 10.3 Å². The van der Waals surface area contributed by atoms with E-state index in [9.17, 15) is 14.0 Å². The zero-order chi connectivity index (χ0) is 19.0. The molecule has 0 aliphatic carbocycles. The number of aromatic nitrogens is 1. The van der Waals surface area contributed by atoms with Crippen molar-refractivity contribution in [3.63, 3.8) is 0 Å². The van der Waals surface area contributed by atoms with Crippen LogP contribution in [0, 0.1) is 12.7 Å². The summed E-state index contributed by atoms with van der Waals surface area (Å²) in [6.07, 6.45) is 4.50. The number of hydrogen-bond donors (Lipinski definition) is 2. The second-order valence-electron chi connectivity index (χ2n) is 6.82. The SMILES string of the molecule is Cc1occc1C(=O)NC1CCN(C(=O)c2c[nH]c3cc(F)ccc23)CC1. The number of piperidine rings is 1. The van der Waals surface area contributed by atoms with Gasteiger partial charge in [-0.15, -0.1) is 0 Å². The first-order chi connectivity index (χ1) is 13.0. The Balaban J connectivity index is 1.39. The molecule has 0 bridgehead atoms. The predicted molar refractivity (Wildman–Crippen MR) is 98.1 cm³/mol. The normalized spacial score (nSPS) is 15.3. The number of aromatic amines is 1. The molecule has 140 valence electrons. The number of fused-ring (bicyclic) bond motifs is 1. The Kier molecular flexibility index (Phi) is 4.43. The summed E-state index contributed by atoms with van der Waals surface area (Å²) in [4.78, 5) is 29.8. The number of H-pyrrole nitrogens is 1. The van der Waals surface area contributed by atoms with Crippen LogP contribution in [0.25, 0.3) is 10.9 Å². The van der Waals surface area contributed by atoms with Crippen molar-refractivity contribution in [2.45, 2.75) is 25.8 Å². The van der Waals surface area contributed by atoms with E-state index in [0.29, 0.717) is 53.7 Å². The fraction of sp³-hybridized carbons (Fsp3) is 0.300. The van der Waals surface area contributed by atoms with Gasteiger partial charge < -0.3 is 19.6 Å². The molecule has 2 aromatic heterocycles. The fourth-order valence-electron chi connectivity index (χ4n) is 3.56. The van der Waals surface area contributed by atoms with Crippen molar-refractivity contribution in [3.05, 3.63) is 59.4 Å². The van der Waals surface area contributed by atoms with Crippen molar-refractivity contribution in [2.75, 3.05) is 13.1 Å². The van der Waals surface area contributed by atoms with Crippen LogP contribution in [0.4, 0.5) is 4.39 Å². The van der Waals surface area contributed by atoms with Crippen LogP contribution in [0.2, 0.25) is 0 Å². The maximum absolute atomic E-state index is 13.3. The van der Waals surface area contributed by atoms with Gasteiger partial charge in [0, 0.05) is 36.2 Å². The van der Waals surface area contributed by atoms with E-state index < -0.39 is 0 Å². The van der Waals surface area contributed by atoms with Gasteiger partial charge in [0.1, 0.15) is 11.6 Å². The highest BCUT2D eigenvalue weighted by Crippen LogP contribution is 2.22. The number of carbonyl (C=O) groups excluding carboxylic acids is 2. The van der Waals surface area contributed by atoms with Gasteiger partial charge in [0.05, 0.1) is 17.4 Å². The molecule has 1 aromatic carbocycles. The van der Waals surface area contributed by atoms with Crippen LogP contribution < -0.4 is 5.32 Å². The van der Waals surface area contributed by atoms with Crippen LogP contribution in [-0.4, -0.2) is 40.8 Å². The molecular formula is C20H20FN3O3. The molecule has 0 radical (unpaired) electrons. The molecule has 0 saturated carbocycles. The van der Waals surface area contributed by atoms with Gasteiger partial charge in [-0.05, 0) is 44.0 Å². The maximum Gasteiger partial charge on any atom is 0.256 e. The minimum Gasteiger partial charge on any atom is -0.469 e. The summed E-state index contributed by atoms with van der Waals surface area (Å²) >= 11 is 0. The van der Waals surface area contributed by atoms with Crippen LogP contribution in [0.5, 0.6) is 0 Å². The lowest BCUT2D eigenvalue weighted by Gasteiger charge is -2.32. The fourth-order valence-corrected chi connectivity index (χ4v) is 3.56. The van der Waals surface area contributed by atoms with Crippen molar-refractivity contribution in [1.82, 2.24) is 15.2 Å². The first-order valence-electron chi connectivity index (χ1n) is 8.94. The number of benzene rings is 1. The first kappa shape index (κ1) is 17.3. The van der Waals surface area contributed by atoms with Crippen LogP contribution in [-0.2, 0) is 0 Å². The molecule has 1 aliphatic heterocycles. The molecule has 3 aromatic rings. The van der Waals surface area contributed by atoms with Crippen molar-refractivity contribution < 1.29 is 18.4 Å². The number of amides is 2. The number of nitrogens with one attached hydrogen (secondary N) is 2. The van der Waals surface area contributed by atoms with E-state index in [0.717, 1.165) is 0 Å². The van der Waals surface area contributed by atoms with Crippen molar-refractivity contribution in [2.24, 2.45) is 0 Å². The quantitative estimate of drug-likeness (QED) is 0.744. The molecule has 0 atom stereocenters. The number of likely N-dealkylation sites (tertiary alicyclic amines) is 1. The summed E-state index contributed by atoms with van der Waals surface area (Å²) in [5, 5.41) is 3.72. The molecule has 3 heterocycles. The van der Waals surface area contributed by atoms with Gasteiger partial charge >= 0.3 is 0 Å². The maximum atomic E-state index is 13.3. The van der Waals surface area contributed by atoms with Gasteiger partial charge in [0.15, 0.2) is 0 Å². The summed E-state index contributed by atoms with van der Waals surface area (Å²) in [5.74, 6) is 0.0247. The van der Waals surface area contributed by atoms with E-state index in [4.69, 9.17) is 4.42 Å².